The Morgan fingerprint density at radius 3 is 2.75 bits per heavy atom. The molecule has 108 valence electrons. The van der Waals surface area contributed by atoms with Crippen molar-refractivity contribution in [2.24, 2.45) is 0 Å². The van der Waals surface area contributed by atoms with Crippen LogP contribution in [-0.2, 0) is 13.0 Å². The molecule has 0 bridgehead atoms. The maximum atomic E-state index is 5.57. The minimum absolute atomic E-state index is 0.620. The molecule has 2 aromatic rings. The third-order valence-electron chi connectivity index (χ3n) is 2.83. The molecule has 0 fully saturated rings. The van der Waals surface area contributed by atoms with E-state index < -0.39 is 0 Å². The molecule has 0 saturated heterocycles. The smallest absolute Gasteiger partial charge is 0.163 e. The summed E-state index contributed by atoms with van der Waals surface area (Å²) in [5, 5.41) is 4.56. The number of ether oxygens (including phenoxy) is 2. The van der Waals surface area contributed by atoms with Crippen molar-refractivity contribution in [2.75, 3.05) is 19.0 Å². The van der Waals surface area contributed by atoms with Crippen LogP contribution < -0.4 is 14.8 Å². The zero-order valence-electron chi connectivity index (χ0n) is 12.1. The van der Waals surface area contributed by atoms with Crippen molar-refractivity contribution in [3.8, 4) is 11.5 Å². The zero-order valence-corrected chi connectivity index (χ0v) is 12.9. The number of hydrogen-bond donors (Lipinski definition) is 1. The number of nitrogens with zero attached hydrogens (tertiary/aromatic N) is 1. The molecule has 0 radical (unpaired) electrons. The number of hydrogen-bond acceptors (Lipinski definition) is 5. The molecule has 0 aliphatic rings. The number of thiazole rings is 1. The summed E-state index contributed by atoms with van der Waals surface area (Å²) < 4.78 is 10.8. The Kier molecular flexibility index (Phi) is 5.24. The molecule has 0 amide bonds. The SMILES string of the molecule is CCOc1cc(NCc2cnc(CC)s2)ccc1OC. The van der Waals surface area contributed by atoms with E-state index in [2.05, 4.69) is 17.2 Å². The van der Waals surface area contributed by atoms with Crippen molar-refractivity contribution in [3.63, 3.8) is 0 Å². The summed E-state index contributed by atoms with van der Waals surface area (Å²) in [4.78, 5) is 5.59. The van der Waals surface area contributed by atoms with Gasteiger partial charge >= 0.3 is 0 Å². The maximum absolute atomic E-state index is 5.57. The second-order valence-electron chi connectivity index (χ2n) is 4.23. The standard InChI is InChI=1S/C15H20N2O2S/c1-4-15-17-10-12(20-15)9-16-11-6-7-13(18-3)14(8-11)19-5-2/h6-8,10,16H,4-5,9H2,1-3H3. The molecule has 0 saturated carbocycles. The molecule has 1 N–H and O–H groups in total. The van der Waals surface area contributed by atoms with Crippen LogP contribution in [0.2, 0.25) is 0 Å². The Balaban J connectivity index is 2.03. The number of aromatic nitrogens is 1. The van der Waals surface area contributed by atoms with Gasteiger partial charge in [0.25, 0.3) is 0 Å². The van der Waals surface area contributed by atoms with Crippen molar-refractivity contribution >= 4 is 17.0 Å². The molecule has 0 aliphatic carbocycles. The van der Waals surface area contributed by atoms with Crippen molar-refractivity contribution in [1.29, 1.82) is 0 Å². The van der Waals surface area contributed by atoms with Crippen LogP contribution >= 0.6 is 11.3 Å². The average molecular weight is 292 g/mol. The molecular weight excluding hydrogens is 272 g/mol. The minimum atomic E-state index is 0.620. The lowest BCUT2D eigenvalue weighted by atomic mass is 10.2. The van der Waals surface area contributed by atoms with Gasteiger partial charge in [0, 0.05) is 22.8 Å². The highest BCUT2D eigenvalue weighted by atomic mass is 32.1. The molecule has 0 atom stereocenters. The first-order valence-corrected chi connectivity index (χ1v) is 7.56. The third-order valence-corrected chi connectivity index (χ3v) is 3.98. The highest BCUT2D eigenvalue weighted by Crippen LogP contribution is 2.30. The van der Waals surface area contributed by atoms with Gasteiger partial charge in [-0.15, -0.1) is 11.3 Å². The zero-order chi connectivity index (χ0) is 14.4. The highest BCUT2D eigenvalue weighted by molar-refractivity contribution is 7.11. The summed E-state index contributed by atoms with van der Waals surface area (Å²) >= 11 is 1.74. The van der Waals surface area contributed by atoms with E-state index in [-0.39, 0.29) is 0 Å². The Hall–Kier alpha value is -1.75. The maximum Gasteiger partial charge on any atom is 0.163 e. The monoisotopic (exact) mass is 292 g/mol. The van der Waals surface area contributed by atoms with Crippen LogP contribution in [0.1, 0.15) is 23.7 Å². The molecule has 2 rings (SSSR count). The van der Waals surface area contributed by atoms with Gasteiger partial charge in [-0.3, -0.25) is 0 Å². The number of methoxy groups -OCH3 is 1. The van der Waals surface area contributed by atoms with Crippen LogP contribution in [0.15, 0.2) is 24.4 Å². The van der Waals surface area contributed by atoms with Crippen LogP contribution in [0.4, 0.5) is 5.69 Å². The van der Waals surface area contributed by atoms with E-state index in [9.17, 15) is 0 Å². The van der Waals surface area contributed by atoms with Gasteiger partial charge < -0.3 is 14.8 Å². The lowest BCUT2D eigenvalue weighted by molar-refractivity contribution is 0.311. The molecule has 1 heterocycles. The third kappa shape index (κ3) is 3.63. The van der Waals surface area contributed by atoms with Gasteiger partial charge in [0.1, 0.15) is 0 Å². The molecule has 0 spiro atoms. The quantitative estimate of drug-likeness (QED) is 0.844. The van der Waals surface area contributed by atoms with Gasteiger partial charge in [0.15, 0.2) is 11.5 Å². The first-order chi connectivity index (χ1) is 9.76. The Morgan fingerprint density at radius 2 is 2.10 bits per heavy atom. The number of benzene rings is 1. The van der Waals surface area contributed by atoms with E-state index >= 15 is 0 Å². The molecule has 0 aliphatic heterocycles. The molecule has 20 heavy (non-hydrogen) atoms. The summed E-state index contributed by atoms with van der Waals surface area (Å²) in [6, 6.07) is 5.87. The largest absolute Gasteiger partial charge is 0.493 e. The van der Waals surface area contributed by atoms with E-state index in [1.54, 1.807) is 18.4 Å². The van der Waals surface area contributed by atoms with Gasteiger partial charge in [0.05, 0.1) is 25.3 Å². The molecule has 1 aromatic carbocycles. The van der Waals surface area contributed by atoms with Crippen LogP contribution in [0.25, 0.3) is 0 Å². The van der Waals surface area contributed by atoms with Crippen LogP contribution in [0, 0.1) is 0 Å². The van der Waals surface area contributed by atoms with Crippen molar-refractivity contribution in [2.45, 2.75) is 26.8 Å². The second kappa shape index (κ2) is 7.14. The molecular formula is C15H20N2O2S. The number of aryl methyl sites for hydroxylation is 1. The fourth-order valence-electron chi connectivity index (χ4n) is 1.84. The lowest BCUT2D eigenvalue weighted by Crippen LogP contribution is -2.00. The first kappa shape index (κ1) is 14.7. The van der Waals surface area contributed by atoms with E-state index in [0.29, 0.717) is 6.61 Å². The normalized spacial score (nSPS) is 10.3. The number of anilines is 1. The average Bonchev–Trinajstić information content (AvgIpc) is 2.94. The summed E-state index contributed by atoms with van der Waals surface area (Å²) in [7, 11) is 1.65. The van der Waals surface area contributed by atoms with Gasteiger partial charge in [-0.2, -0.15) is 0 Å². The van der Waals surface area contributed by atoms with Gasteiger partial charge in [0.2, 0.25) is 0 Å². The molecule has 1 aromatic heterocycles. The highest BCUT2D eigenvalue weighted by Gasteiger charge is 2.06. The van der Waals surface area contributed by atoms with Gasteiger partial charge in [-0.05, 0) is 25.5 Å². The topological polar surface area (TPSA) is 43.4 Å². The van der Waals surface area contributed by atoms with E-state index in [0.717, 1.165) is 30.2 Å². The van der Waals surface area contributed by atoms with E-state index in [1.165, 1.54) is 9.88 Å². The number of nitrogens with one attached hydrogen (secondary N) is 1. The van der Waals surface area contributed by atoms with Gasteiger partial charge in [-0.1, -0.05) is 6.92 Å². The minimum Gasteiger partial charge on any atom is -0.493 e. The van der Waals surface area contributed by atoms with Crippen LogP contribution in [-0.4, -0.2) is 18.7 Å². The summed E-state index contributed by atoms with van der Waals surface area (Å²) in [6.45, 7) is 5.47. The Morgan fingerprint density at radius 1 is 1.25 bits per heavy atom. The second-order valence-corrected chi connectivity index (χ2v) is 5.43. The molecule has 5 heteroatoms. The molecule has 0 unspecified atom stereocenters. The Bertz CT molecular complexity index is 555. The van der Waals surface area contributed by atoms with E-state index in [1.807, 2.05) is 31.3 Å². The van der Waals surface area contributed by atoms with Gasteiger partial charge in [-0.25, -0.2) is 4.98 Å². The Labute approximate surface area is 123 Å². The van der Waals surface area contributed by atoms with Crippen molar-refractivity contribution < 1.29 is 9.47 Å². The van der Waals surface area contributed by atoms with Crippen molar-refractivity contribution in [1.82, 2.24) is 4.98 Å². The fourth-order valence-corrected chi connectivity index (χ4v) is 2.64. The summed E-state index contributed by atoms with van der Waals surface area (Å²) in [6.07, 6.45) is 2.92. The molecule has 4 nitrogen and oxygen atoms in total. The lowest BCUT2D eigenvalue weighted by Gasteiger charge is -2.12. The number of rotatable bonds is 7. The summed E-state index contributed by atoms with van der Waals surface area (Å²) in [5.74, 6) is 1.52. The van der Waals surface area contributed by atoms with Crippen molar-refractivity contribution in [3.05, 3.63) is 34.3 Å². The van der Waals surface area contributed by atoms with Crippen LogP contribution in [0.3, 0.4) is 0 Å². The van der Waals surface area contributed by atoms with Crippen LogP contribution in [0.5, 0.6) is 11.5 Å². The fraction of sp³-hybridized carbons (Fsp3) is 0.400. The van der Waals surface area contributed by atoms with E-state index in [4.69, 9.17) is 9.47 Å². The first-order valence-electron chi connectivity index (χ1n) is 6.75. The predicted octanol–water partition coefficient (Wildman–Crippen LogP) is 3.72. The summed E-state index contributed by atoms with van der Waals surface area (Å²) in [5.41, 5.74) is 1.01. The predicted molar refractivity (Wildman–Crippen MR) is 83.0 cm³/mol.